The van der Waals surface area contributed by atoms with Crippen molar-refractivity contribution >= 4 is 29.5 Å². The molecule has 1 aliphatic rings. The van der Waals surface area contributed by atoms with Gasteiger partial charge in [0, 0.05) is 28.8 Å². The molecule has 4 aromatic carbocycles. The number of carboxylic acids is 1. The molecule has 1 amide bonds. The lowest BCUT2D eigenvalue weighted by atomic mass is 9.84. The minimum absolute atomic E-state index is 0.0658. The smallest absolute Gasteiger partial charge is 0.507 e. The number of halogens is 3. The summed E-state index contributed by atoms with van der Waals surface area (Å²) in [5.41, 5.74) is 3.30. The molecule has 2 N–H and O–H groups in total. The molecule has 1 saturated carbocycles. The van der Waals surface area contributed by atoms with Gasteiger partial charge in [0.05, 0.1) is 13.1 Å². The van der Waals surface area contributed by atoms with E-state index in [0.29, 0.717) is 5.92 Å². The molecular formula is C39H43F3N2O5S. The molecule has 0 unspecified atom stereocenters. The largest absolute Gasteiger partial charge is 0.573 e. The number of carboxylic acid groups (broad SMARTS) is 1. The summed E-state index contributed by atoms with van der Waals surface area (Å²) >= 11 is 1.22. The molecule has 0 heterocycles. The standard InChI is InChI=1S/C37H37F3N2O5S.C2H6/c1-25-11-18-31(19-12-25)48-41(23-29-9-5-6-10-34(29)47-37(38,39)40)24-35(44)42(30-17-20-32(36(45)46)33(43)21-30)22-26-13-15-28(16-14-26)27-7-3-2-4-8-27;1-2/h5-6,9-21,27,43H,2-4,7-8,22-24H2,1H3,(H,45,46);1-2H3. The van der Waals surface area contributed by atoms with Crippen LogP contribution < -0.4 is 9.64 Å². The van der Waals surface area contributed by atoms with Gasteiger partial charge in [0.1, 0.15) is 17.1 Å². The van der Waals surface area contributed by atoms with Gasteiger partial charge in [-0.2, -0.15) is 0 Å². The monoisotopic (exact) mass is 708 g/mol. The first-order valence-corrected chi connectivity index (χ1v) is 17.5. The molecule has 0 aromatic heterocycles. The highest BCUT2D eigenvalue weighted by Crippen LogP contribution is 2.34. The van der Waals surface area contributed by atoms with Crippen LogP contribution in [-0.2, 0) is 17.9 Å². The average molecular weight is 709 g/mol. The van der Waals surface area contributed by atoms with E-state index in [0.717, 1.165) is 28.9 Å². The normalized spacial score (nSPS) is 13.3. The van der Waals surface area contributed by atoms with Crippen molar-refractivity contribution in [2.45, 2.75) is 83.1 Å². The molecule has 266 valence electrons. The SMILES string of the molecule is CC.Cc1ccc(SN(CC(=O)N(Cc2ccc(C3CCCCC3)cc2)c2ccc(C(=O)O)c(O)c2)Cc2ccccc2OC(F)(F)F)cc1. The van der Waals surface area contributed by atoms with Crippen LogP contribution in [0, 0.1) is 6.92 Å². The maximum atomic E-state index is 14.2. The quantitative estimate of drug-likeness (QED) is 0.142. The number of aryl methyl sites for hydroxylation is 1. The zero-order valence-electron chi connectivity index (χ0n) is 28.5. The number of rotatable bonds is 12. The molecule has 0 atom stereocenters. The van der Waals surface area contributed by atoms with Crippen molar-refractivity contribution in [2.75, 3.05) is 11.4 Å². The Labute approximate surface area is 295 Å². The molecule has 0 aliphatic heterocycles. The van der Waals surface area contributed by atoms with Crippen LogP contribution in [0.15, 0.2) is 95.9 Å². The van der Waals surface area contributed by atoms with Gasteiger partial charge >= 0.3 is 12.3 Å². The van der Waals surface area contributed by atoms with Crippen molar-refractivity contribution in [3.63, 3.8) is 0 Å². The van der Waals surface area contributed by atoms with E-state index in [4.69, 9.17) is 0 Å². The van der Waals surface area contributed by atoms with Crippen molar-refractivity contribution in [3.8, 4) is 11.5 Å². The van der Waals surface area contributed by atoms with E-state index >= 15 is 0 Å². The summed E-state index contributed by atoms with van der Waals surface area (Å²) in [4.78, 5) is 28.0. The fourth-order valence-electron chi connectivity index (χ4n) is 5.86. The van der Waals surface area contributed by atoms with Crippen molar-refractivity contribution in [3.05, 3.63) is 119 Å². The van der Waals surface area contributed by atoms with Gasteiger partial charge in [-0.15, -0.1) is 13.2 Å². The molecule has 0 saturated heterocycles. The van der Waals surface area contributed by atoms with E-state index in [2.05, 4.69) is 16.9 Å². The van der Waals surface area contributed by atoms with Gasteiger partial charge in [-0.1, -0.05) is 93.3 Å². The minimum Gasteiger partial charge on any atom is -0.507 e. The van der Waals surface area contributed by atoms with Gasteiger partial charge in [0.15, 0.2) is 0 Å². The maximum absolute atomic E-state index is 14.2. The number of aromatic carboxylic acids is 1. The van der Waals surface area contributed by atoms with Gasteiger partial charge < -0.3 is 19.8 Å². The van der Waals surface area contributed by atoms with E-state index in [9.17, 15) is 33.0 Å². The van der Waals surface area contributed by atoms with Crippen LogP contribution in [0.4, 0.5) is 18.9 Å². The summed E-state index contributed by atoms with van der Waals surface area (Å²) in [5.74, 6) is -2.08. The van der Waals surface area contributed by atoms with E-state index in [1.807, 2.05) is 57.2 Å². The van der Waals surface area contributed by atoms with Gasteiger partial charge in [0.2, 0.25) is 5.91 Å². The number of carbonyl (C=O) groups is 2. The second-order valence-electron chi connectivity index (χ2n) is 11.9. The second-order valence-corrected chi connectivity index (χ2v) is 13.1. The average Bonchev–Trinajstić information content (AvgIpc) is 3.09. The Morgan fingerprint density at radius 2 is 1.54 bits per heavy atom. The highest BCUT2D eigenvalue weighted by atomic mass is 32.2. The Hall–Kier alpha value is -4.48. The van der Waals surface area contributed by atoms with E-state index in [-0.39, 0.29) is 42.2 Å². The number of para-hydroxylation sites is 1. The molecule has 11 heteroatoms. The number of carbonyl (C=O) groups excluding carboxylic acids is 1. The molecule has 0 radical (unpaired) electrons. The Bertz CT molecular complexity index is 1710. The highest BCUT2D eigenvalue weighted by molar-refractivity contribution is 7.97. The maximum Gasteiger partial charge on any atom is 0.573 e. The summed E-state index contributed by atoms with van der Waals surface area (Å²) in [6.45, 7) is 5.75. The lowest BCUT2D eigenvalue weighted by Gasteiger charge is -2.28. The van der Waals surface area contributed by atoms with Crippen LogP contribution in [0.1, 0.15) is 84.5 Å². The van der Waals surface area contributed by atoms with Crippen LogP contribution in [0.5, 0.6) is 11.5 Å². The van der Waals surface area contributed by atoms with E-state index in [1.54, 1.807) is 10.4 Å². The highest BCUT2D eigenvalue weighted by Gasteiger charge is 2.32. The minimum atomic E-state index is -4.89. The van der Waals surface area contributed by atoms with Crippen LogP contribution in [0.2, 0.25) is 0 Å². The molecule has 7 nitrogen and oxygen atoms in total. The summed E-state index contributed by atoms with van der Waals surface area (Å²) in [7, 11) is 0. The zero-order valence-corrected chi connectivity index (χ0v) is 29.3. The third-order valence-corrected chi connectivity index (χ3v) is 9.33. The van der Waals surface area contributed by atoms with E-state index < -0.39 is 24.0 Å². The Morgan fingerprint density at radius 1 is 0.880 bits per heavy atom. The molecule has 1 fully saturated rings. The first-order valence-electron chi connectivity index (χ1n) is 16.7. The van der Waals surface area contributed by atoms with Gasteiger partial charge in [-0.05, 0) is 79.1 Å². The Kier molecular flexibility index (Phi) is 13.8. The molecule has 0 spiro atoms. The van der Waals surface area contributed by atoms with Gasteiger partial charge in [0.25, 0.3) is 0 Å². The van der Waals surface area contributed by atoms with Crippen molar-refractivity contribution < 1.29 is 37.7 Å². The third kappa shape index (κ3) is 11.0. The van der Waals surface area contributed by atoms with E-state index in [1.165, 1.54) is 78.1 Å². The molecule has 5 rings (SSSR count). The number of alkyl halides is 3. The molecule has 50 heavy (non-hydrogen) atoms. The van der Waals surface area contributed by atoms with Crippen molar-refractivity contribution in [1.29, 1.82) is 0 Å². The lowest BCUT2D eigenvalue weighted by molar-refractivity contribution is -0.275. The zero-order chi connectivity index (χ0) is 36.3. The third-order valence-electron chi connectivity index (χ3n) is 8.33. The fraction of sp³-hybridized carbons (Fsp3) is 0.333. The van der Waals surface area contributed by atoms with Crippen molar-refractivity contribution in [1.82, 2.24) is 4.31 Å². The summed E-state index contributed by atoms with van der Waals surface area (Å²) in [6, 6.07) is 25.4. The number of hydrogen-bond acceptors (Lipinski definition) is 6. The lowest BCUT2D eigenvalue weighted by Crippen LogP contribution is -2.38. The predicted octanol–water partition coefficient (Wildman–Crippen LogP) is 10.1. The number of aromatic hydroxyl groups is 1. The number of hydrogen-bond donors (Lipinski definition) is 2. The van der Waals surface area contributed by atoms with Gasteiger partial charge in [-0.3, -0.25) is 4.79 Å². The van der Waals surface area contributed by atoms with Crippen LogP contribution in [0.25, 0.3) is 0 Å². The number of benzene rings is 4. The number of ether oxygens (including phenoxy) is 1. The number of amides is 1. The first kappa shape index (κ1) is 38.3. The molecule has 4 aromatic rings. The number of nitrogens with zero attached hydrogens (tertiary/aromatic N) is 2. The van der Waals surface area contributed by atoms with Crippen molar-refractivity contribution in [2.24, 2.45) is 0 Å². The Morgan fingerprint density at radius 3 is 2.16 bits per heavy atom. The summed E-state index contributed by atoms with van der Waals surface area (Å²) in [5, 5.41) is 20.0. The fourth-order valence-corrected chi connectivity index (χ4v) is 6.79. The van der Waals surface area contributed by atoms with Crippen LogP contribution in [0.3, 0.4) is 0 Å². The molecular weight excluding hydrogens is 665 g/mol. The van der Waals surface area contributed by atoms with Crippen LogP contribution in [-0.4, -0.2) is 39.3 Å². The predicted molar refractivity (Wildman–Crippen MR) is 190 cm³/mol. The summed E-state index contributed by atoms with van der Waals surface area (Å²) in [6.07, 6.45) is 1.05. The molecule has 1 aliphatic carbocycles. The van der Waals surface area contributed by atoms with Gasteiger partial charge in [-0.25, -0.2) is 9.10 Å². The Balaban J connectivity index is 0.00000276. The first-order chi connectivity index (χ1) is 23.9. The number of anilines is 1. The summed E-state index contributed by atoms with van der Waals surface area (Å²) < 4.78 is 45.6. The topological polar surface area (TPSA) is 90.3 Å². The second kappa shape index (κ2) is 18.0. The van der Waals surface area contributed by atoms with Crippen LogP contribution >= 0.6 is 11.9 Å². The molecule has 0 bridgehead atoms. The number of phenols is 1.